The second-order valence-electron chi connectivity index (χ2n) is 9.51. The molecule has 39 heavy (non-hydrogen) atoms. The fourth-order valence-electron chi connectivity index (χ4n) is 5.19. The number of hydrogen-bond acceptors (Lipinski definition) is 7. The molecular formula is C27H32FN7O2S2. The third-order valence-electron chi connectivity index (χ3n) is 7.22. The molecule has 3 aromatic heterocycles. The summed E-state index contributed by atoms with van der Waals surface area (Å²) in [6.07, 6.45) is 6.06. The summed E-state index contributed by atoms with van der Waals surface area (Å²) in [7, 11) is -3.72. The van der Waals surface area contributed by atoms with Crippen molar-refractivity contribution in [3.05, 3.63) is 77.3 Å². The van der Waals surface area contributed by atoms with Gasteiger partial charge in [-0.3, -0.25) is 20.0 Å². The van der Waals surface area contributed by atoms with Crippen molar-refractivity contribution in [2.75, 3.05) is 26.2 Å². The summed E-state index contributed by atoms with van der Waals surface area (Å²) in [5.41, 5.74) is 4.09. The molecular weight excluding hydrogens is 537 g/mol. The lowest BCUT2D eigenvalue weighted by Crippen LogP contribution is -2.48. The van der Waals surface area contributed by atoms with Gasteiger partial charge >= 0.3 is 0 Å². The van der Waals surface area contributed by atoms with Crippen LogP contribution in [0.5, 0.6) is 0 Å². The molecule has 0 saturated carbocycles. The van der Waals surface area contributed by atoms with Gasteiger partial charge in [0.15, 0.2) is 0 Å². The van der Waals surface area contributed by atoms with Crippen LogP contribution >= 0.6 is 11.3 Å². The summed E-state index contributed by atoms with van der Waals surface area (Å²) in [5.74, 6) is -0.263. The maximum Gasteiger partial charge on any atom is 0.279 e. The van der Waals surface area contributed by atoms with Crippen LogP contribution in [-0.4, -0.2) is 70.0 Å². The Balaban J connectivity index is 1.27. The molecule has 0 amide bonds. The number of nitrogens with one attached hydrogen (secondary N) is 2. The van der Waals surface area contributed by atoms with Gasteiger partial charge in [0.05, 0.1) is 16.8 Å². The molecule has 0 radical (unpaired) electrons. The Kier molecular flexibility index (Phi) is 8.48. The number of benzene rings is 1. The first-order valence-electron chi connectivity index (χ1n) is 13.0. The van der Waals surface area contributed by atoms with Crippen LogP contribution in [-0.2, 0) is 16.6 Å². The van der Waals surface area contributed by atoms with Crippen molar-refractivity contribution in [1.29, 1.82) is 0 Å². The van der Waals surface area contributed by atoms with Crippen molar-refractivity contribution in [2.24, 2.45) is 0 Å². The van der Waals surface area contributed by atoms with Crippen LogP contribution in [0.4, 0.5) is 4.39 Å². The summed E-state index contributed by atoms with van der Waals surface area (Å²) < 4.78 is 44.6. The SMILES string of the molecule is CCN([C@@H]1CCN(C(C)c2ccc(F)cc2)C1)S(=O)(=O)NCCc1c(-c2cccs2)n[nH]c1-c1cnccn1. The molecule has 0 bridgehead atoms. The largest absolute Gasteiger partial charge is 0.295 e. The van der Waals surface area contributed by atoms with E-state index in [4.69, 9.17) is 0 Å². The molecule has 4 aromatic rings. The predicted molar refractivity (Wildman–Crippen MR) is 151 cm³/mol. The number of rotatable bonds is 11. The fourth-order valence-corrected chi connectivity index (χ4v) is 7.36. The molecule has 0 aliphatic carbocycles. The van der Waals surface area contributed by atoms with E-state index in [-0.39, 0.29) is 24.4 Å². The van der Waals surface area contributed by atoms with Gasteiger partial charge in [-0.25, -0.2) is 9.11 Å². The summed E-state index contributed by atoms with van der Waals surface area (Å²) >= 11 is 1.58. The molecule has 1 aliphatic rings. The van der Waals surface area contributed by atoms with E-state index < -0.39 is 10.2 Å². The number of aromatic amines is 1. The zero-order chi connectivity index (χ0) is 27.4. The van der Waals surface area contributed by atoms with E-state index in [2.05, 4.69) is 36.7 Å². The van der Waals surface area contributed by atoms with Gasteiger partial charge in [-0.05, 0) is 48.9 Å². The van der Waals surface area contributed by atoms with Gasteiger partial charge in [0.25, 0.3) is 10.2 Å². The van der Waals surface area contributed by atoms with E-state index in [1.165, 1.54) is 12.1 Å². The summed E-state index contributed by atoms with van der Waals surface area (Å²) in [4.78, 5) is 11.8. The molecule has 1 aliphatic heterocycles. The maximum atomic E-state index is 13.4. The number of likely N-dealkylation sites (tertiary alicyclic amines) is 1. The average molecular weight is 570 g/mol. The molecule has 1 aromatic carbocycles. The highest BCUT2D eigenvalue weighted by Gasteiger charge is 2.35. The van der Waals surface area contributed by atoms with Crippen molar-refractivity contribution in [3.63, 3.8) is 0 Å². The average Bonchev–Trinajstić information content (AvgIpc) is 3.71. The van der Waals surface area contributed by atoms with Crippen LogP contribution in [0.15, 0.2) is 60.4 Å². The number of halogens is 1. The van der Waals surface area contributed by atoms with Crippen LogP contribution in [0.1, 0.15) is 37.4 Å². The third-order valence-corrected chi connectivity index (χ3v) is 9.84. The zero-order valence-electron chi connectivity index (χ0n) is 21.9. The topological polar surface area (TPSA) is 107 Å². The Morgan fingerprint density at radius 1 is 1.26 bits per heavy atom. The Hall–Kier alpha value is -3.03. The second-order valence-corrected chi connectivity index (χ2v) is 12.2. The lowest BCUT2D eigenvalue weighted by Gasteiger charge is -2.29. The van der Waals surface area contributed by atoms with Gasteiger partial charge in [-0.1, -0.05) is 25.1 Å². The molecule has 1 fully saturated rings. The highest BCUT2D eigenvalue weighted by atomic mass is 32.2. The van der Waals surface area contributed by atoms with E-state index in [1.807, 2.05) is 24.4 Å². The number of thiophene rings is 1. The third kappa shape index (κ3) is 6.10. The Morgan fingerprint density at radius 2 is 2.08 bits per heavy atom. The quantitative estimate of drug-likeness (QED) is 0.279. The van der Waals surface area contributed by atoms with Crippen molar-refractivity contribution in [1.82, 2.24) is 34.1 Å². The first-order valence-corrected chi connectivity index (χ1v) is 15.3. The first kappa shape index (κ1) is 27.5. The number of H-pyrrole nitrogens is 1. The molecule has 2 atom stereocenters. The van der Waals surface area contributed by atoms with Gasteiger partial charge in [-0.15, -0.1) is 11.3 Å². The van der Waals surface area contributed by atoms with Crippen molar-refractivity contribution < 1.29 is 12.8 Å². The monoisotopic (exact) mass is 569 g/mol. The Labute approximate surface area is 232 Å². The predicted octanol–water partition coefficient (Wildman–Crippen LogP) is 4.27. The normalized spacial score (nSPS) is 17.2. The molecule has 1 saturated heterocycles. The molecule has 9 nitrogen and oxygen atoms in total. The molecule has 1 unspecified atom stereocenters. The highest BCUT2D eigenvalue weighted by molar-refractivity contribution is 7.87. The fraction of sp³-hybridized carbons (Fsp3) is 0.370. The van der Waals surface area contributed by atoms with E-state index in [9.17, 15) is 12.8 Å². The molecule has 2 N–H and O–H groups in total. The van der Waals surface area contributed by atoms with Crippen LogP contribution in [0.2, 0.25) is 0 Å². The Morgan fingerprint density at radius 3 is 2.77 bits per heavy atom. The van der Waals surface area contributed by atoms with Crippen LogP contribution in [0.3, 0.4) is 0 Å². The molecule has 4 heterocycles. The van der Waals surface area contributed by atoms with Crippen LogP contribution in [0, 0.1) is 5.82 Å². The lowest BCUT2D eigenvalue weighted by atomic mass is 10.1. The first-order chi connectivity index (χ1) is 18.9. The summed E-state index contributed by atoms with van der Waals surface area (Å²) in [5, 5.41) is 9.59. The minimum absolute atomic E-state index is 0.0706. The molecule has 12 heteroatoms. The van der Waals surface area contributed by atoms with Gasteiger partial charge < -0.3 is 0 Å². The minimum Gasteiger partial charge on any atom is -0.295 e. The number of aromatic nitrogens is 4. The van der Waals surface area contributed by atoms with Gasteiger partial charge in [-0.2, -0.15) is 17.8 Å². The van der Waals surface area contributed by atoms with E-state index >= 15 is 0 Å². The van der Waals surface area contributed by atoms with Crippen LogP contribution < -0.4 is 4.72 Å². The van der Waals surface area contributed by atoms with Crippen molar-refractivity contribution >= 4 is 21.5 Å². The summed E-state index contributed by atoms with van der Waals surface area (Å²) in [6.45, 7) is 5.92. The maximum absolute atomic E-state index is 13.4. The van der Waals surface area contributed by atoms with Gasteiger partial charge in [0.1, 0.15) is 17.2 Å². The zero-order valence-corrected chi connectivity index (χ0v) is 23.6. The van der Waals surface area contributed by atoms with E-state index in [0.29, 0.717) is 25.2 Å². The number of likely N-dealkylation sites (N-methyl/N-ethyl adjacent to an activating group) is 1. The van der Waals surface area contributed by atoms with Crippen molar-refractivity contribution in [2.45, 2.75) is 38.8 Å². The number of hydrogen-bond donors (Lipinski definition) is 2. The standard InChI is InChI=1S/C27H32FN7O2S2/c1-3-35(22-11-15-34(18-22)19(2)20-6-8-21(28)9-7-20)39(36,37)31-12-10-23-26(24-17-29-13-14-30-24)32-33-27(23)25-5-4-16-38-25/h4-9,13-14,16-17,19,22,31H,3,10-12,15,18H2,1-2H3,(H,32,33)/t19?,22-/m1/s1. The van der Waals surface area contributed by atoms with Gasteiger partial charge in [0.2, 0.25) is 0 Å². The molecule has 5 rings (SSSR count). The minimum atomic E-state index is -3.72. The van der Waals surface area contributed by atoms with Crippen LogP contribution in [0.25, 0.3) is 22.0 Å². The molecule has 0 spiro atoms. The lowest BCUT2D eigenvalue weighted by molar-refractivity contribution is 0.238. The smallest absolute Gasteiger partial charge is 0.279 e. The van der Waals surface area contributed by atoms with E-state index in [1.54, 1.807) is 46.4 Å². The number of nitrogens with zero attached hydrogens (tertiary/aromatic N) is 5. The summed E-state index contributed by atoms with van der Waals surface area (Å²) in [6, 6.07) is 10.4. The van der Waals surface area contributed by atoms with E-state index in [0.717, 1.165) is 40.4 Å². The van der Waals surface area contributed by atoms with Gasteiger partial charge in [0, 0.05) is 56.2 Å². The Bertz CT molecular complexity index is 1460. The second kappa shape index (κ2) is 12.0. The highest BCUT2D eigenvalue weighted by Crippen LogP contribution is 2.32. The van der Waals surface area contributed by atoms with Crippen molar-refractivity contribution in [3.8, 4) is 22.0 Å². The molecule has 206 valence electrons.